The first kappa shape index (κ1) is 11.2. The lowest BCUT2D eigenvalue weighted by Crippen LogP contribution is -2.08. The maximum Gasteiger partial charge on any atom is 0.311 e. The average molecular weight is 212 g/mol. The molecule has 1 N–H and O–H groups in total. The van der Waals surface area contributed by atoms with E-state index in [-0.39, 0.29) is 5.92 Å². The predicted octanol–water partition coefficient (Wildman–Crippen LogP) is 3.28. The first-order valence-corrected chi connectivity index (χ1v) is 5.82. The van der Waals surface area contributed by atoms with Crippen molar-refractivity contribution in [2.24, 2.45) is 0 Å². The van der Waals surface area contributed by atoms with Gasteiger partial charge in [-0.2, -0.15) is 0 Å². The van der Waals surface area contributed by atoms with Crippen molar-refractivity contribution in [2.75, 3.05) is 0 Å². The van der Waals surface area contributed by atoms with Crippen LogP contribution in [0.15, 0.2) is 12.1 Å². The van der Waals surface area contributed by atoms with E-state index in [1.54, 1.807) is 11.3 Å². The Bertz CT molecular complexity index is 304. The summed E-state index contributed by atoms with van der Waals surface area (Å²) in [6.45, 7) is 4.05. The van der Waals surface area contributed by atoms with Gasteiger partial charge in [-0.25, -0.2) is 0 Å². The Hall–Kier alpha value is -0.830. The summed E-state index contributed by atoms with van der Waals surface area (Å²) in [5.41, 5.74) is 0. The molecule has 1 unspecified atom stereocenters. The van der Waals surface area contributed by atoms with Gasteiger partial charge in [-0.3, -0.25) is 4.79 Å². The molecule has 2 nitrogen and oxygen atoms in total. The molecule has 0 radical (unpaired) electrons. The van der Waals surface area contributed by atoms with Crippen LogP contribution in [0.3, 0.4) is 0 Å². The molecule has 0 aromatic carbocycles. The van der Waals surface area contributed by atoms with Crippen molar-refractivity contribution in [1.29, 1.82) is 0 Å². The number of carboxylic acid groups (broad SMARTS) is 1. The van der Waals surface area contributed by atoms with Crippen LogP contribution in [-0.4, -0.2) is 11.1 Å². The van der Waals surface area contributed by atoms with Crippen LogP contribution in [0.1, 0.15) is 42.4 Å². The SMILES string of the molecule is CCCc1ccc(C(CC)C(=O)O)s1. The largest absolute Gasteiger partial charge is 0.481 e. The van der Waals surface area contributed by atoms with Gasteiger partial charge in [0.15, 0.2) is 0 Å². The smallest absolute Gasteiger partial charge is 0.311 e. The molecule has 0 aliphatic heterocycles. The van der Waals surface area contributed by atoms with Gasteiger partial charge < -0.3 is 5.11 Å². The summed E-state index contributed by atoms with van der Waals surface area (Å²) in [4.78, 5) is 13.2. The number of aryl methyl sites for hydroxylation is 1. The quantitative estimate of drug-likeness (QED) is 0.813. The first-order chi connectivity index (χ1) is 6.69. The van der Waals surface area contributed by atoms with Crippen molar-refractivity contribution in [1.82, 2.24) is 0 Å². The Kier molecular flexibility index (Phi) is 4.14. The number of carbonyl (C=O) groups is 1. The first-order valence-electron chi connectivity index (χ1n) is 5.00. The average Bonchev–Trinajstić information content (AvgIpc) is 2.54. The maximum absolute atomic E-state index is 10.9. The molecule has 3 heteroatoms. The molecule has 78 valence electrons. The second-order valence-electron chi connectivity index (χ2n) is 3.35. The summed E-state index contributed by atoms with van der Waals surface area (Å²) >= 11 is 1.64. The van der Waals surface area contributed by atoms with Gasteiger partial charge in [0.05, 0.1) is 5.92 Å². The zero-order valence-corrected chi connectivity index (χ0v) is 9.43. The molecule has 1 aromatic rings. The van der Waals surface area contributed by atoms with Gasteiger partial charge in [-0.1, -0.05) is 20.3 Å². The van der Waals surface area contributed by atoms with E-state index in [4.69, 9.17) is 5.11 Å². The minimum Gasteiger partial charge on any atom is -0.481 e. The molecule has 1 rings (SSSR count). The van der Waals surface area contributed by atoms with Crippen LogP contribution in [-0.2, 0) is 11.2 Å². The third-order valence-electron chi connectivity index (χ3n) is 2.23. The predicted molar refractivity (Wildman–Crippen MR) is 59.0 cm³/mol. The summed E-state index contributed by atoms with van der Waals surface area (Å²) < 4.78 is 0. The van der Waals surface area contributed by atoms with Crippen LogP contribution < -0.4 is 0 Å². The lowest BCUT2D eigenvalue weighted by Gasteiger charge is -2.05. The van der Waals surface area contributed by atoms with Crippen molar-refractivity contribution < 1.29 is 9.90 Å². The minimum absolute atomic E-state index is 0.314. The second-order valence-corrected chi connectivity index (χ2v) is 4.55. The molecule has 0 fully saturated rings. The van der Waals surface area contributed by atoms with Crippen LogP contribution in [0, 0.1) is 0 Å². The Morgan fingerprint density at radius 1 is 1.50 bits per heavy atom. The van der Waals surface area contributed by atoms with E-state index in [1.165, 1.54) is 4.88 Å². The number of aliphatic carboxylic acids is 1. The zero-order valence-electron chi connectivity index (χ0n) is 8.62. The molecule has 0 spiro atoms. The summed E-state index contributed by atoms with van der Waals surface area (Å²) in [6, 6.07) is 4.01. The number of thiophene rings is 1. The molecule has 0 saturated carbocycles. The lowest BCUT2D eigenvalue weighted by molar-refractivity contribution is -0.138. The number of rotatable bonds is 5. The highest BCUT2D eigenvalue weighted by Gasteiger charge is 2.19. The minimum atomic E-state index is -0.711. The van der Waals surface area contributed by atoms with E-state index < -0.39 is 5.97 Å². The standard InChI is InChI=1S/C11H16O2S/c1-3-5-8-6-7-10(14-8)9(4-2)11(12)13/h6-7,9H,3-5H2,1-2H3,(H,12,13). The highest BCUT2D eigenvalue weighted by atomic mass is 32.1. The Balaban J connectivity index is 2.78. The summed E-state index contributed by atoms with van der Waals surface area (Å²) in [5, 5.41) is 8.97. The van der Waals surface area contributed by atoms with Crippen molar-refractivity contribution in [2.45, 2.75) is 39.0 Å². The van der Waals surface area contributed by atoms with Gasteiger partial charge in [-0.05, 0) is 25.0 Å². The van der Waals surface area contributed by atoms with E-state index in [9.17, 15) is 4.79 Å². The molecule has 0 amide bonds. The summed E-state index contributed by atoms with van der Waals surface area (Å²) in [7, 11) is 0. The Labute approximate surface area is 88.6 Å². The third-order valence-corrected chi connectivity index (χ3v) is 3.49. The normalized spacial score (nSPS) is 12.7. The van der Waals surface area contributed by atoms with Crippen LogP contribution >= 0.6 is 11.3 Å². The second kappa shape index (κ2) is 5.15. The van der Waals surface area contributed by atoms with Crippen molar-refractivity contribution in [3.63, 3.8) is 0 Å². The Morgan fingerprint density at radius 3 is 2.71 bits per heavy atom. The number of carboxylic acids is 1. The molecule has 1 atom stereocenters. The molecule has 14 heavy (non-hydrogen) atoms. The van der Waals surface area contributed by atoms with Gasteiger partial charge in [0.1, 0.15) is 0 Å². The van der Waals surface area contributed by atoms with Crippen LogP contribution in [0.5, 0.6) is 0 Å². The van der Waals surface area contributed by atoms with E-state index in [0.29, 0.717) is 6.42 Å². The topological polar surface area (TPSA) is 37.3 Å². The van der Waals surface area contributed by atoms with Crippen molar-refractivity contribution in [3.8, 4) is 0 Å². The highest BCUT2D eigenvalue weighted by Crippen LogP contribution is 2.28. The van der Waals surface area contributed by atoms with Gasteiger partial charge in [0.25, 0.3) is 0 Å². The van der Waals surface area contributed by atoms with E-state index in [1.807, 2.05) is 13.0 Å². The molecule has 0 bridgehead atoms. The maximum atomic E-state index is 10.9. The van der Waals surface area contributed by atoms with E-state index in [0.717, 1.165) is 17.7 Å². The fourth-order valence-corrected chi connectivity index (χ4v) is 2.75. The van der Waals surface area contributed by atoms with Gasteiger partial charge in [-0.15, -0.1) is 11.3 Å². The van der Waals surface area contributed by atoms with Gasteiger partial charge >= 0.3 is 5.97 Å². The molecule has 0 aliphatic carbocycles. The molecule has 0 saturated heterocycles. The van der Waals surface area contributed by atoms with Gasteiger partial charge in [0, 0.05) is 9.75 Å². The summed E-state index contributed by atoms with van der Waals surface area (Å²) in [6.07, 6.45) is 2.84. The molecular weight excluding hydrogens is 196 g/mol. The Morgan fingerprint density at radius 2 is 2.21 bits per heavy atom. The molecule has 1 aromatic heterocycles. The van der Waals surface area contributed by atoms with Gasteiger partial charge in [0.2, 0.25) is 0 Å². The molecular formula is C11H16O2S. The fraction of sp³-hybridized carbons (Fsp3) is 0.545. The zero-order chi connectivity index (χ0) is 10.6. The fourth-order valence-electron chi connectivity index (χ4n) is 1.46. The van der Waals surface area contributed by atoms with Crippen LogP contribution in [0.4, 0.5) is 0 Å². The monoisotopic (exact) mass is 212 g/mol. The summed E-state index contributed by atoms with van der Waals surface area (Å²) in [5.74, 6) is -1.02. The molecule has 0 aliphatic rings. The number of hydrogen-bond acceptors (Lipinski definition) is 2. The van der Waals surface area contributed by atoms with E-state index in [2.05, 4.69) is 13.0 Å². The van der Waals surface area contributed by atoms with Crippen LogP contribution in [0.25, 0.3) is 0 Å². The molecule has 1 heterocycles. The van der Waals surface area contributed by atoms with Crippen LogP contribution in [0.2, 0.25) is 0 Å². The number of hydrogen-bond donors (Lipinski definition) is 1. The highest BCUT2D eigenvalue weighted by molar-refractivity contribution is 7.12. The van der Waals surface area contributed by atoms with Crippen molar-refractivity contribution >= 4 is 17.3 Å². The third kappa shape index (κ3) is 2.58. The van der Waals surface area contributed by atoms with E-state index >= 15 is 0 Å². The van der Waals surface area contributed by atoms with Crippen molar-refractivity contribution in [3.05, 3.63) is 21.9 Å². The lowest BCUT2D eigenvalue weighted by atomic mass is 10.1.